The van der Waals surface area contributed by atoms with Crippen molar-refractivity contribution in [1.29, 1.82) is 0 Å². The Morgan fingerprint density at radius 3 is 1.57 bits per heavy atom. The van der Waals surface area contributed by atoms with Crippen LogP contribution >= 0.6 is 0 Å². The zero-order valence-electron chi connectivity index (χ0n) is 49.6. The molecule has 10 aromatic rings. The lowest BCUT2D eigenvalue weighted by Crippen LogP contribution is -2.36. The van der Waals surface area contributed by atoms with Gasteiger partial charge in [0.05, 0.1) is 17.1 Å². The molecule has 0 N–H and O–H groups in total. The van der Waals surface area contributed by atoms with Gasteiger partial charge in [0.15, 0.2) is 7.28 Å². The maximum atomic E-state index is 6.43. The van der Waals surface area contributed by atoms with Gasteiger partial charge in [0.1, 0.15) is 11.3 Å². The fourth-order valence-electron chi connectivity index (χ4n) is 16.0. The molecular formula is C78H73BN3O. The van der Waals surface area contributed by atoms with Crippen LogP contribution in [0.3, 0.4) is 0 Å². The second-order valence-electron chi connectivity index (χ2n) is 28.9. The topological polar surface area (TPSA) is 22.9 Å². The van der Waals surface area contributed by atoms with E-state index in [4.69, 9.17) is 4.42 Å². The number of hydrogen-bond acceptors (Lipinski definition) is 4. The molecule has 4 nitrogen and oxygen atoms in total. The number of allylic oxidation sites excluding steroid dienone is 1. The van der Waals surface area contributed by atoms with Gasteiger partial charge in [0.2, 0.25) is 0 Å². The normalized spacial score (nSPS) is 18.0. The zero-order valence-corrected chi connectivity index (χ0v) is 49.6. The summed E-state index contributed by atoms with van der Waals surface area (Å²) in [6, 6.07) is 64.1. The van der Waals surface area contributed by atoms with Gasteiger partial charge in [-0.25, -0.2) is 0 Å². The van der Waals surface area contributed by atoms with Crippen LogP contribution in [-0.4, -0.2) is 7.28 Å². The van der Waals surface area contributed by atoms with E-state index in [-0.39, 0.29) is 21.7 Å². The largest absolute Gasteiger partial charge is 0.456 e. The third kappa shape index (κ3) is 8.86. The van der Waals surface area contributed by atoms with Crippen LogP contribution in [0.4, 0.5) is 51.2 Å². The van der Waals surface area contributed by atoms with Crippen molar-refractivity contribution >= 4 is 97.2 Å². The molecule has 409 valence electrons. The number of furan rings is 1. The molecule has 6 aliphatic rings. The van der Waals surface area contributed by atoms with Crippen molar-refractivity contribution in [2.24, 2.45) is 21.7 Å². The molecule has 0 amide bonds. The SMILES string of the molecule is CC1(C)Cc2ccc(N3c4cc(cc(N(c5ccc6cc(-c7cc8ccccc8o7)ccc6c5)c5cccc6c5CCC=C6)c4)N(c4ccc5c(c4)CC(C)(C)C5)c4cc5c(cc4[B]c4cc6c(cc43)CC(C)(C)C6)CC(C)(C)C5)cc2C1. The molecule has 16 rings (SSSR count). The predicted octanol–water partition coefficient (Wildman–Crippen LogP) is 19.1. The third-order valence-electron chi connectivity index (χ3n) is 19.5. The highest BCUT2D eigenvalue weighted by molar-refractivity contribution is 6.70. The van der Waals surface area contributed by atoms with E-state index in [2.05, 4.69) is 247 Å². The monoisotopic (exact) mass is 1080 g/mol. The van der Waals surface area contributed by atoms with Crippen LogP contribution in [0.25, 0.3) is 39.1 Å². The van der Waals surface area contributed by atoms with E-state index in [0.717, 1.165) is 109 Å². The van der Waals surface area contributed by atoms with Crippen LogP contribution in [0.15, 0.2) is 174 Å². The summed E-state index contributed by atoms with van der Waals surface area (Å²) in [7, 11) is 2.58. The van der Waals surface area contributed by atoms with Gasteiger partial charge in [-0.05, 0) is 243 Å². The first-order valence-corrected chi connectivity index (χ1v) is 30.7. The highest BCUT2D eigenvalue weighted by Crippen LogP contribution is 2.52. The van der Waals surface area contributed by atoms with E-state index in [1.54, 1.807) is 0 Å². The van der Waals surface area contributed by atoms with Crippen molar-refractivity contribution in [2.45, 2.75) is 120 Å². The van der Waals surface area contributed by atoms with Gasteiger partial charge < -0.3 is 19.1 Å². The molecule has 1 aromatic heterocycles. The third-order valence-corrected chi connectivity index (χ3v) is 19.5. The standard InChI is InChI=1S/C78H73BN3O/c1-75(2)40-53-23-26-62(30-55(53)42-75)81-65-37-64(80(70-18-13-16-48-14-9-11-17-67(48)70)61-25-22-49-28-52(21-20-50(49)29-61)74-36-51-15-10-12-19-73(51)83-74)38-66(39-65)82(63-27-24-54-41-76(3,4)43-56(54)31-63)72-35-60-47-78(7,8)45-58(60)33-69(72)79-68-32-57-44-77(5,6)46-59(57)34-71(68)81/h9-10,12-16,18-39H,11,17,40-47H2,1-8H3. The Kier molecular flexibility index (Phi) is 11.1. The Labute approximate surface area is 491 Å². The van der Waals surface area contributed by atoms with Gasteiger partial charge in [-0.1, -0.05) is 151 Å². The second kappa shape index (κ2) is 18.2. The smallest absolute Gasteiger partial charge is 0.197 e. The van der Waals surface area contributed by atoms with Crippen LogP contribution < -0.4 is 25.6 Å². The number of rotatable bonds is 6. The summed E-state index contributed by atoms with van der Waals surface area (Å²) >= 11 is 0. The fraction of sp³-hybridized carbons (Fsp3) is 0.282. The van der Waals surface area contributed by atoms with Crippen molar-refractivity contribution in [2.75, 3.05) is 14.7 Å². The Bertz CT molecular complexity index is 4220. The van der Waals surface area contributed by atoms with E-state index in [0.29, 0.717) is 0 Å². The molecule has 2 bridgehead atoms. The van der Waals surface area contributed by atoms with Crippen molar-refractivity contribution in [3.63, 3.8) is 0 Å². The first-order chi connectivity index (χ1) is 39.9. The highest BCUT2D eigenvalue weighted by Gasteiger charge is 2.37. The van der Waals surface area contributed by atoms with E-state index >= 15 is 0 Å². The molecule has 2 heterocycles. The predicted molar refractivity (Wildman–Crippen MR) is 350 cm³/mol. The van der Waals surface area contributed by atoms with Gasteiger partial charge in [0.25, 0.3) is 0 Å². The zero-order chi connectivity index (χ0) is 56.3. The minimum Gasteiger partial charge on any atom is -0.456 e. The molecule has 0 saturated carbocycles. The lowest BCUT2D eigenvalue weighted by molar-refractivity contribution is 0.392. The number of anilines is 9. The maximum absolute atomic E-state index is 6.43. The highest BCUT2D eigenvalue weighted by atomic mass is 16.3. The van der Waals surface area contributed by atoms with Crippen molar-refractivity contribution < 1.29 is 4.42 Å². The Balaban J connectivity index is 0.984. The van der Waals surface area contributed by atoms with Crippen LogP contribution in [0, 0.1) is 21.7 Å². The molecule has 0 saturated heterocycles. The van der Waals surface area contributed by atoms with E-state index in [1.807, 2.05) is 6.07 Å². The Morgan fingerprint density at radius 1 is 0.422 bits per heavy atom. The molecular weight excluding hydrogens is 1010 g/mol. The summed E-state index contributed by atoms with van der Waals surface area (Å²) in [6.45, 7) is 19.6. The van der Waals surface area contributed by atoms with Crippen LogP contribution in [0.1, 0.15) is 117 Å². The van der Waals surface area contributed by atoms with Crippen molar-refractivity contribution in [3.05, 3.63) is 226 Å². The molecule has 0 spiro atoms. The average molecular weight is 1080 g/mol. The molecule has 1 aliphatic heterocycles. The minimum atomic E-state index is 0.172. The van der Waals surface area contributed by atoms with Gasteiger partial charge >= 0.3 is 0 Å². The fourth-order valence-corrected chi connectivity index (χ4v) is 16.0. The summed E-state index contributed by atoms with van der Waals surface area (Å²) < 4.78 is 6.43. The maximum Gasteiger partial charge on any atom is 0.197 e. The minimum absolute atomic E-state index is 0.172. The number of fused-ring (bicyclic) bond motifs is 11. The summed E-state index contributed by atoms with van der Waals surface area (Å²) in [5, 5.41) is 3.47. The first-order valence-electron chi connectivity index (χ1n) is 30.7. The van der Waals surface area contributed by atoms with Gasteiger partial charge in [0, 0.05) is 45.1 Å². The summed E-state index contributed by atoms with van der Waals surface area (Å²) in [5.74, 6) is 0.886. The van der Waals surface area contributed by atoms with Crippen LogP contribution in [0.5, 0.6) is 0 Å². The molecule has 0 atom stereocenters. The number of benzene rings is 9. The Morgan fingerprint density at radius 2 is 0.964 bits per heavy atom. The number of para-hydroxylation sites is 1. The first kappa shape index (κ1) is 50.7. The van der Waals surface area contributed by atoms with Crippen molar-refractivity contribution in [1.82, 2.24) is 0 Å². The van der Waals surface area contributed by atoms with Gasteiger partial charge in [-0.2, -0.15) is 0 Å². The molecule has 9 aromatic carbocycles. The Hall–Kier alpha value is -8.02. The quantitative estimate of drug-likeness (QED) is 0.155. The molecule has 5 heteroatoms. The summed E-state index contributed by atoms with van der Waals surface area (Å²) in [6.07, 6.45) is 15.2. The summed E-state index contributed by atoms with van der Waals surface area (Å²) in [5.41, 5.74) is 30.3. The molecule has 83 heavy (non-hydrogen) atoms. The lowest BCUT2D eigenvalue weighted by atomic mass is 9.61. The molecule has 0 unspecified atom stereocenters. The molecule has 1 radical (unpaired) electrons. The van der Waals surface area contributed by atoms with Crippen LogP contribution in [0.2, 0.25) is 0 Å². The number of hydrogen-bond donors (Lipinski definition) is 0. The summed E-state index contributed by atoms with van der Waals surface area (Å²) in [4.78, 5) is 7.91. The molecule has 5 aliphatic carbocycles. The van der Waals surface area contributed by atoms with E-state index < -0.39 is 0 Å². The average Bonchev–Trinajstić information content (AvgIpc) is 4.48. The second-order valence-corrected chi connectivity index (χ2v) is 28.9. The van der Waals surface area contributed by atoms with Crippen molar-refractivity contribution in [3.8, 4) is 11.3 Å². The van der Waals surface area contributed by atoms with E-state index in [1.165, 1.54) is 106 Å². The van der Waals surface area contributed by atoms with Gasteiger partial charge in [-0.3, -0.25) is 0 Å². The van der Waals surface area contributed by atoms with Crippen LogP contribution in [-0.2, 0) is 57.8 Å². The molecule has 0 fully saturated rings. The number of nitrogens with zero attached hydrogens (tertiary/aromatic N) is 3. The van der Waals surface area contributed by atoms with Gasteiger partial charge in [-0.15, -0.1) is 0 Å². The lowest BCUT2D eigenvalue weighted by Gasteiger charge is -2.36. The van der Waals surface area contributed by atoms with E-state index in [9.17, 15) is 0 Å².